The van der Waals surface area contributed by atoms with Crippen LogP contribution in [0.2, 0.25) is 0 Å². The first kappa shape index (κ1) is 29.9. The number of rotatable bonds is 11. The molecule has 0 aliphatic carbocycles. The highest BCUT2D eigenvalue weighted by Gasteiger charge is 2.35. The van der Waals surface area contributed by atoms with Crippen LogP contribution in [0.25, 0.3) is 0 Å². The Hall–Kier alpha value is -3.60. The fraction of sp³-hybridized carbons (Fsp3) is 0.250. The van der Waals surface area contributed by atoms with Crippen LogP contribution in [-0.4, -0.2) is 37.2 Å². The van der Waals surface area contributed by atoms with Crippen LogP contribution < -0.4 is 18.7 Å². The Kier molecular flexibility index (Phi) is 9.35. The first-order valence-electron chi connectivity index (χ1n) is 13.5. The third-order valence-electron chi connectivity index (χ3n) is 7.11. The average Bonchev–Trinajstić information content (AvgIpc) is 3.64. The lowest BCUT2D eigenvalue weighted by Gasteiger charge is -2.30. The van der Waals surface area contributed by atoms with Crippen molar-refractivity contribution in [1.29, 1.82) is 0 Å². The van der Waals surface area contributed by atoms with Crippen LogP contribution in [0.15, 0.2) is 81.2 Å². The Bertz CT molecular complexity index is 1570. The van der Waals surface area contributed by atoms with Gasteiger partial charge >= 0.3 is 5.97 Å². The van der Waals surface area contributed by atoms with E-state index >= 15 is 0 Å². The van der Waals surface area contributed by atoms with Crippen molar-refractivity contribution < 1.29 is 19.4 Å². The number of carboxylic acid groups (broad SMARTS) is 1. The van der Waals surface area contributed by atoms with Gasteiger partial charge in [-0.1, -0.05) is 42.0 Å². The molecule has 10 heteroatoms. The summed E-state index contributed by atoms with van der Waals surface area (Å²) in [6, 6.07) is 21.1. The molecule has 0 bridgehead atoms. The summed E-state index contributed by atoms with van der Waals surface area (Å²) in [5.74, 6) is -0.364. The number of amides is 1. The predicted molar refractivity (Wildman–Crippen MR) is 173 cm³/mol. The second kappa shape index (κ2) is 13.1. The molecular weight excluding hydrogens is 587 g/mol. The Morgan fingerprint density at radius 1 is 1.07 bits per heavy atom. The summed E-state index contributed by atoms with van der Waals surface area (Å²) < 4.78 is 11.4. The van der Waals surface area contributed by atoms with Gasteiger partial charge in [-0.05, 0) is 103 Å². The zero-order valence-electron chi connectivity index (χ0n) is 23.9. The minimum atomic E-state index is -0.906. The molecule has 5 rings (SSSR count). The van der Waals surface area contributed by atoms with E-state index in [1.165, 1.54) is 29.5 Å². The van der Waals surface area contributed by atoms with Crippen molar-refractivity contribution in [2.75, 3.05) is 29.4 Å². The largest absolute Gasteiger partial charge is 0.497 e. The number of aryl methyl sites for hydroxylation is 3. The fourth-order valence-electron chi connectivity index (χ4n) is 5.42. The molecule has 0 spiro atoms. The lowest BCUT2D eigenvalue weighted by atomic mass is 10.0. The molecule has 7 nitrogen and oxygen atoms in total. The van der Waals surface area contributed by atoms with Crippen molar-refractivity contribution in [3.05, 3.63) is 99.9 Å². The van der Waals surface area contributed by atoms with Gasteiger partial charge in [-0.25, -0.2) is 0 Å². The van der Waals surface area contributed by atoms with Gasteiger partial charge in [-0.3, -0.25) is 14.3 Å². The van der Waals surface area contributed by atoms with Gasteiger partial charge < -0.3 is 19.0 Å². The van der Waals surface area contributed by atoms with Crippen molar-refractivity contribution in [3.8, 4) is 5.75 Å². The van der Waals surface area contributed by atoms with Crippen molar-refractivity contribution >= 4 is 58.5 Å². The Balaban J connectivity index is 1.52. The third kappa shape index (κ3) is 6.56. The van der Waals surface area contributed by atoms with E-state index in [0.717, 1.165) is 42.7 Å². The maximum atomic E-state index is 13.8. The van der Waals surface area contributed by atoms with Gasteiger partial charge in [-0.15, -0.1) is 11.3 Å². The Labute approximate surface area is 259 Å². The van der Waals surface area contributed by atoms with E-state index in [1.54, 1.807) is 18.4 Å². The van der Waals surface area contributed by atoms with Crippen molar-refractivity contribution in [2.45, 2.75) is 42.3 Å². The fourth-order valence-corrected chi connectivity index (χ4v) is 7.88. The van der Waals surface area contributed by atoms with Gasteiger partial charge in [0.05, 0.1) is 17.0 Å². The quantitative estimate of drug-likeness (QED) is 0.171. The number of benzene rings is 3. The van der Waals surface area contributed by atoms with Gasteiger partial charge in [0.25, 0.3) is 5.91 Å². The number of nitrogens with one attached hydrogen (secondary N) is 1. The standard InChI is InChI=1S/C32H33N3O4S3/c1-20-16-21(2)31(22(3)17-20)42-35(19-28(36)37)27-11-6-10-26-25(27)13-14-34(26)30(23-8-5-9-24(18-23)39-4)32(38)33-41-29-12-7-15-40-29/h5-12,15-18,30H,13-14,19H2,1-4H3,(H,33,38)(H,36,37). The van der Waals surface area contributed by atoms with Gasteiger partial charge in [-0.2, -0.15) is 0 Å². The minimum absolute atomic E-state index is 0.137. The average molecular weight is 620 g/mol. The molecule has 1 aromatic heterocycles. The summed E-state index contributed by atoms with van der Waals surface area (Å²) in [7, 11) is 1.62. The van der Waals surface area contributed by atoms with Crippen LogP contribution in [0, 0.1) is 20.8 Å². The molecule has 0 radical (unpaired) electrons. The molecule has 4 aromatic rings. The first-order chi connectivity index (χ1) is 20.2. The van der Waals surface area contributed by atoms with Crippen LogP contribution in [0.1, 0.15) is 33.9 Å². The Morgan fingerprint density at radius 3 is 2.52 bits per heavy atom. The summed E-state index contributed by atoms with van der Waals surface area (Å²) in [5.41, 5.74) is 7.01. The number of carbonyl (C=O) groups excluding carboxylic acids is 1. The number of carboxylic acids is 1. The Morgan fingerprint density at radius 2 is 1.83 bits per heavy atom. The maximum Gasteiger partial charge on any atom is 0.324 e. The SMILES string of the molecule is COc1cccc(C(C(=O)NSc2cccs2)N2CCc3c(N(CC(=O)O)Sc4c(C)cc(C)cc4C)cccc32)c1. The van der Waals surface area contributed by atoms with Crippen molar-refractivity contribution in [2.24, 2.45) is 0 Å². The summed E-state index contributed by atoms with van der Waals surface area (Å²) in [6.45, 7) is 6.63. The normalized spacial score (nSPS) is 13.0. The number of fused-ring (bicyclic) bond motifs is 1. The molecule has 1 aliphatic rings. The molecule has 2 N–H and O–H groups in total. The highest BCUT2D eigenvalue weighted by Crippen LogP contribution is 2.44. The van der Waals surface area contributed by atoms with E-state index in [2.05, 4.69) is 42.5 Å². The lowest BCUT2D eigenvalue weighted by molar-refractivity contribution is -0.135. The maximum absolute atomic E-state index is 13.8. The molecule has 1 atom stereocenters. The summed E-state index contributed by atoms with van der Waals surface area (Å²) in [5, 5.41) is 11.9. The first-order valence-corrected chi connectivity index (χ1v) is 16.0. The van der Waals surface area contributed by atoms with Crippen LogP contribution in [0.4, 0.5) is 11.4 Å². The van der Waals surface area contributed by atoms with Crippen molar-refractivity contribution in [3.63, 3.8) is 0 Å². The molecule has 1 unspecified atom stereocenters. The molecule has 0 saturated carbocycles. The topological polar surface area (TPSA) is 82.1 Å². The van der Waals surface area contributed by atoms with Crippen LogP contribution in [-0.2, 0) is 16.0 Å². The molecule has 3 aromatic carbocycles. The minimum Gasteiger partial charge on any atom is -0.497 e. The highest BCUT2D eigenvalue weighted by atomic mass is 32.2. The van der Waals surface area contributed by atoms with Gasteiger partial charge in [0.2, 0.25) is 0 Å². The van der Waals surface area contributed by atoms with Crippen molar-refractivity contribution in [1.82, 2.24) is 4.72 Å². The molecule has 2 heterocycles. The zero-order valence-corrected chi connectivity index (χ0v) is 26.4. The number of ether oxygens (including phenoxy) is 1. The number of hydrogen-bond donors (Lipinski definition) is 2. The number of anilines is 2. The highest BCUT2D eigenvalue weighted by molar-refractivity contribution is 8.00. The number of nitrogens with zero attached hydrogens (tertiary/aromatic N) is 2. The smallest absolute Gasteiger partial charge is 0.324 e. The van der Waals surface area contributed by atoms with Crippen LogP contribution in [0.3, 0.4) is 0 Å². The molecular formula is C32H33N3O4S3. The summed E-state index contributed by atoms with van der Waals surface area (Å²) in [4.78, 5) is 29.0. The van der Waals surface area contributed by atoms with Gasteiger partial charge in [0.15, 0.2) is 0 Å². The van der Waals surface area contributed by atoms with Crippen LogP contribution in [0.5, 0.6) is 5.75 Å². The number of aliphatic carboxylic acids is 1. The predicted octanol–water partition coefficient (Wildman–Crippen LogP) is 7.21. The van der Waals surface area contributed by atoms with Gasteiger partial charge in [0, 0.05) is 22.7 Å². The van der Waals surface area contributed by atoms with E-state index in [1.807, 2.05) is 64.3 Å². The zero-order chi connectivity index (χ0) is 29.8. The second-order valence-electron chi connectivity index (χ2n) is 10.1. The number of thiophene rings is 1. The van der Waals surface area contributed by atoms with E-state index in [9.17, 15) is 14.7 Å². The molecule has 0 saturated heterocycles. The summed E-state index contributed by atoms with van der Waals surface area (Å²) >= 11 is 4.34. The number of carbonyl (C=O) groups is 2. The number of methoxy groups -OCH3 is 1. The third-order valence-corrected chi connectivity index (χ3v) is 10.3. The lowest BCUT2D eigenvalue weighted by Crippen LogP contribution is -2.37. The van der Waals surface area contributed by atoms with E-state index in [-0.39, 0.29) is 12.5 Å². The van der Waals surface area contributed by atoms with Crippen LogP contribution >= 0.6 is 35.2 Å². The molecule has 0 fully saturated rings. The molecule has 218 valence electrons. The molecule has 1 amide bonds. The summed E-state index contributed by atoms with van der Waals surface area (Å²) in [6.07, 6.45) is 0.680. The van der Waals surface area contributed by atoms with E-state index in [4.69, 9.17) is 4.74 Å². The number of hydrogen-bond acceptors (Lipinski definition) is 8. The molecule has 42 heavy (non-hydrogen) atoms. The van der Waals surface area contributed by atoms with Gasteiger partial charge in [0.1, 0.15) is 18.3 Å². The van der Waals surface area contributed by atoms with E-state index < -0.39 is 12.0 Å². The molecule has 1 aliphatic heterocycles. The van der Waals surface area contributed by atoms with E-state index in [0.29, 0.717) is 18.7 Å². The second-order valence-corrected chi connectivity index (χ2v) is 13.2. The monoisotopic (exact) mass is 619 g/mol.